The van der Waals surface area contributed by atoms with Crippen molar-refractivity contribution in [3.05, 3.63) is 47.6 Å². The summed E-state index contributed by atoms with van der Waals surface area (Å²) in [6.45, 7) is 8.81. The fourth-order valence-electron chi connectivity index (χ4n) is 6.49. The minimum atomic E-state index is -0.628. The van der Waals surface area contributed by atoms with Crippen molar-refractivity contribution in [1.29, 1.82) is 0 Å². The Morgan fingerprint density at radius 1 is 1.20 bits per heavy atom. The van der Waals surface area contributed by atoms with E-state index in [1.54, 1.807) is 0 Å². The molecule has 4 saturated carbocycles. The van der Waals surface area contributed by atoms with E-state index in [2.05, 4.69) is 38.7 Å². The average molecular weight is 411 g/mol. The lowest BCUT2D eigenvalue weighted by Crippen LogP contribution is -2.35. The van der Waals surface area contributed by atoms with Crippen LogP contribution in [-0.2, 0) is 4.79 Å². The predicted octanol–water partition coefficient (Wildman–Crippen LogP) is 5.30. The van der Waals surface area contributed by atoms with Crippen molar-refractivity contribution >= 4 is 5.78 Å². The van der Waals surface area contributed by atoms with E-state index in [0.29, 0.717) is 42.3 Å². The van der Waals surface area contributed by atoms with Crippen molar-refractivity contribution in [1.82, 2.24) is 0 Å². The van der Waals surface area contributed by atoms with Crippen LogP contribution in [0.5, 0.6) is 0 Å². The fraction of sp³-hybridized carbons (Fsp3) is 0.667. The van der Waals surface area contributed by atoms with Gasteiger partial charge in [-0.15, -0.1) is 0 Å². The van der Waals surface area contributed by atoms with Crippen LogP contribution in [-0.4, -0.2) is 28.2 Å². The van der Waals surface area contributed by atoms with Crippen LogP contribution in [0.4, 0.5) is 0 Å². The van der Waals surface area contributed by atoms with Crippen molar-refractivity contribution in [2.75, 3.05) is 0 Å². The first-order chi connectivity index (χ1) is 14.3. The Balaban J connectivity index is 1.49. The van der Waals surface area contributed by atoms with Gasteiger partial charge in [0.25, 0.3) is 0 Å². The highest BCUT2D eigenvalue weighted by Gasteiger charge is 2.50. The quantitative estimate of drug-likeness (QED) is 0.605. The van der Waals surface area contributed by atoms with Gasteiger partial charge in [-0.2, -0.15) is 0 Å². The Bertz CT molecular complexity index is 784. The molecule has 0 aromatic rings. The molecule has 0 bridgehead atoms. The highest BCUT2D eigenvalue weighted by atomic mass is 16.3. The Hall–Kier alpha value is -1.45. The van der Waals surface area contributed by atoms with Crippen LogP contribution in [0.3, 0.4) is 0 Å². The van der Waals surface area contributed by atoms with Gasteiger partial charge < -0.3 is 10.2 Å². The monoisotopic (exact) mass is 410 g/mol. The third-order valence-corrected chi connectivity index (χ3v) is 8.48. The van der Waals surface area contributed by atoms with Crippen molar-refractivity contribution in [2.45, 2.75) is 83.8 Å². The lowest BCUT2D eigenvalue weighted by atomic mass is 9.61. The highest BCUT2D eigenvalue weighted by molar-refractivity contribution is 5.93. The summed E-state index contributed by atoms with van der Waals surface area (Å²) in [5, 5.41) is 20.1. The minimum Gasteiger partial charge on any atom is -0.393 e. The summed E-state index contributed by atoms with van der Waals surface area (Å²) >= 11 is 0. The zero-order valence-corrected chi connectivity index (χ0v) is 18.6. The number of hydrogen-bond donors (Lipinski definition) is 2. The molecule has 0 spiro atoms. The predicted molar refractivity (Wildman–Crippen MR) is 121 cm³/mol. The van der Waals surface area contributed by atoms with Crippen molar-refractivity contribution < 1.29 is 15.0 Å². The highest BCUT2D eigenvalue weighted by Crippen LogP contribution is 2.59. The van der Waals surface area contributed by atoms with Crippen LogP contribution in [0.15, 0.2) is 47.6 Å². The molecular weight excluding hydrogens is 372 g/mol. The summed E-state index contributed by atoms with van der Waals surface area (Å²) in [5.41, 5.74) is 3.56. The molecule has 0 amide bonds. The standard InChI is InChI=1S/C27H38O3/c1-17(6-13-25(29)20-8-9-20)23-11-12-24-19(5-4-14-27(23,24)3)7-10-21-15-22(28)16-26(30)18(21)2/h6-7,10,13,17,20,22-24,26,28,30H,2,4-5,8-9,11-12,14-16H2,1,3H3/b13-6+,19-7?,21-10-/t17-,22-,23-,24+,26+,27-/m1/s1. The van der Waals surface area contributed by atoms with E-state index in [1.807, 2.05) is 6.08 Å². The van der Waals surface area contributed by atoms with Crippen LogP contribution in [0.25, 0.3) is 0 Å². The summed E-state index contributed by atoms with van der Waals surface area (Å²) < 4.78 is 0. The molecule has 3 heteroatoms. The van der Waals surface area contributed by atoms with Gasteiger partial charge in [-0.05, 0) is 91.8 Å². The molecule has 3 nitrogen and oxygen atoms in total. The van der Waals surface area contributed by atoms with Gasteiger partial charge in [0.15, 0.2) is 5.78 Å². The van der Waals surface area contributed by atoms with Crippen molar-refractivity contribution in [2.24, 2.45) is 29.1 Å². The third-order valence-electron chi connectivity index (χ3n) is 8.48. The average Bonchev–Trinajstić information content (AvgIpc) is 3.49. The van der Waals surface area contributed by atoms with Crippen molar-refractivity contribution in [3.63, 3.8) is 0 Å². The maximum atomic E-state index is 12.1. The van der Waals surface area contributed by atoms with Crippen LogP contribution >= 0.6 is 0 Å². The van der Waals surface area contributed by atoms with E-state index in [1.165, 1.54) is 31.3 Å². The van der Waals surface area contributed by atoms with Gasteiger partial charge in [0.2, 0.25) is 0 Å². The van der Waals surface area contributed by atoms with E-state index in [9.17, 15) is 15.0 Å². The largest absolute Gasteiger partial charge is 0.393 e. The van der Waals surface area contributed by atoms with E-state index >= 15 is 0 Å². The van der Waals surface area contributed by atoms with E-state index in [4.69, 9.17) is 0 Å². The Morgan fingerprint density at radius 2 is 1.97 bits per heavy atom. The molecule has 6 atom stereocenters. The molecule has 0 aromatic heterocycles. The van der Waals surface area contributed by atoms with Gasteiger partial charge in [0, 0.05) is 12.3 Å². The number of carbonyl (C=O) groups is 1. The summed E-state index contributed by atoms with van der Waals surface area (Å²) in [6.07, 6.45) is 16.5. The molecule has 4 aliphatic carbocycles. The first-order valence-corrected chi connectivity index (χ1v) is 12.0. The van der Waals surface area contributed by atoms with Gasteiger partial charge in [-0.1, -0.05) is 44.2 Å². The second-order valence-electron chi connectivity index (χ2n) is 10.6. The number of aliphatic hydroxyl groups is 2. The van der Waals surface area contributed by atoms with Gasteiger partial charge in [-0.3, -0.25) is 4.79 Å². The summed E-state index contributed by atoms with van der Waals surface area (Å²) in [7, 11) is 0. The summed E-state index contributed by atoms with van der Waals surface area (Å²) in [5.74, 6) is 2.28. The van der Waals surface area contributed by atoms with E-state index < -0.39 is 12.2 Å². The summed E-state index contributed by atoms with van der Waals surface area (Å²) in [4.78, 5) is 12.1. The molecule has 2 N–H and O–H groups in total. The van der Waals surface area contributed by atoms with Crippen LogP contribution in [0, 0.1) is 29.1 Å². The molecule has 30 heavy (non-hydrogen) atoms. The first kappa shape index (κ1) is 21.8. The second-order valence-corrected chi connectivity index (χ2v) is 10.6. The first-order valence-electron chi connectivity index (χ1n) is 12.0. The molecule has 4 rings (SSSR count). The number of hydrogen-bond acceptors (Lipinski definition) is 3. The smallest absolute Gasteiger partial charge is 0.158 e. The molecule has 0 unspecified atom stereocenters. The van der Waals surface area contributed by atoms with Crippen LogP contribution < -0.4 is 0 Å². The molecule has 0 saturated heterocycles. The number of aliphatic hydroxyl groups excluding tert-OH is 2. The number of fused-ring (bicyclic) bond motifs is 1. The molecule has 0 aliphatic heterocycles. The maximum Gasteiger partial charge on any atom is 0.158 e. The van der Waals surface area contributed by atoms with Gasteiger partial charge in [-0.25, -0.2) is 0 Å². The Labute approximate surface area is 181 Å². The molecule has 0 radical (unpaired) electrons. The maximum absolute atomic E-state index is 12.1. The van der Waals surface area contributed by atoms with Gasteiger partial charge in [0.1, 0.15) is 0 Å². The fourth-order valence-corrected chi connectivity index (χ4v) is 6.49. The second kappa shape index (κ2) is 8.59. The van der Waals surface area contributed by atoms with Gasteiger partial charge >= 0.3 is 0 Å². The van der Waals surface area contributed by atoms with Crippen LogP contribution in [0.1, 0.15) is 71.6 Å². The molecule has 0 heterocycles. The molecular formula is C27H38O3. The molecule has 0 aromatic carbocycles. The number of carbonyl (C=O) groups excluding carboxylic acids is 1. The minimum absolute atomic E-state index is 0.289. The summed E-state index contributed by atoms with van der Waals surface area (Å²) in [6, 6.07) is 0. The number of rotatable bonds is 5. The van der Waals surface area contributed by atoms with Crippen molar-refractivity contribution in [3.8, 4) is 0 Å². The number of ketones is 1. The lowest BCUT2D eigenvalue weighted by molar-refractivity contribution is -0.115. The Morgan fingerprint density at radius 3 is 2.70 bits per heavy atom. The zero-order chi connectivity index (χ0) is 21.5. The normalized spacial score (nSPS) is 40.9. The topological polar surface area (TPSA) is 57.5 Å². The zero-order valence-electron chi connectivity index (χ0n) is 18.6. The van der Waals surface area contributed by atoms with E-state index in [0.717, 1.165) is 30.4 Å². The van der Waals surface area contributed by atoms with Crippen LogP contribution in [0.2, 0.25) is 0 Å². The SMILES string of the molecule is C=C1/C(=C\C=C2CCC[C@]3(C)[C@@H]([C@H](C)/C=C/C(=O)C4CC4)CC[C@@H]23)C[C@@H](O)C[C@@H]1O. The molecule has 4 fully saturated rings. The Kier molecular flexibility index (Phi) is 6.23. The third kappa shape index (κ3) is 4.29. The van der Waals surface area contributed by atoms with Gasteiger partial charge in [0.05, 0.1) is 12.2 Å². The number of allylic oxidation sites excluding steroid dienone is 5. The lowest BCUT2D eigenvalue weighted by Gasteiger charge is -2.44. The molecule has 4 aliphatic rings. The van der Waals surface area contributed by atoms with E-state index in [-0.39, 0.29) is 5.41 Å². The molecule has 164 valence electrons.